The molecule has 1 saturated heterocycles. The van der Waals surface area contributed by atoms with E-state index in [9.17, 15) is 0 Å². The fourth-order valence-corrected chi connectivity index (χ4v) is 5.14. The van der Waals surface area contributed by atoms with Crippen molar-refractivity contribution in [2.75, 3.05) is 33.2 Å². The van der Waals surface area contributed by atoms with Crippen molar-refractivity contribution in [3.05, 3.63) is 90.0 Å². The molecule has 0 amide bonds. The summed E-state index contributed by atoms with van der Waals surface area (Å²) in [5.74, 6) is 0.642. The smallest absolute Gasteiger partial charge is 0.305 e. The average molecular weight is 420 g/mol. The van der Waals surface area contributed by atoms with Crippen LogP contribution in [0.25, 0.3) is 0 Å². The summed E-state index contributed by atoms with van der Waals surface area (Å²) in [6.07, 6.45) is 1.21. The van der Waals surface area contributed by atoms with Crippen LogP contribution in [0.4, 0.5) is 0 Å². The Kier molecular flexibility index (Phi) is 5.42. The van der Waals surface area contributed by atoms with Crippen molar-refractivity contribution >= 4 is 11.9 Å². The maximum absolute atomic E-state index is 6.58. The predicted octanol–water partition coefficient (Wildman–Crippen LogP) is 4.09. The number of hydrogen-bond acceptors (Lipinski definition) is 4. The van der Waals surface area contributed by atoms with E-state index < -0.39 is 5.79 Å². The minimum Gasteiger partial charge on any atom is -0.440 e. The molecule has 154 valence electrons. The van der Waals surface area contributed by atoms with Crippen molar-refractivity contribution in [2.24, 2.45) is 0 Å². The monoisotopic (exact) mass is 419 g/mol. The minimum absolute atomic E-state index is 0.789. The van der Waals surface area contributed by atoms with Gasteiger partial charge in [-0.2, -0.15) is 0 Å². The van der Waals surface area contributed by atoms with Crippen molar-refractivity contribution in [3.63, 3.8) is 0 Å². The van der Waals surface area contributed by atoms with E-state index in [4.69, 9.17) is 9.47 Å². The Morgan fingerprint density at radius 3 is 2.10 bits per heavy atom. The van der Waals surface area contributed by atoms with Crippen LogP contribution in [0.5, 0.6) is 11.5 Å². The Morgan fingerprint density at radius 1 is 0.733 bits per heavy atom. The summed E-state index contributed by atoms with van der Waals surface area (Å²) in [7, 11) is 2.20. The minimum atomic E-state index is -0.953. The molecule has 3 aromatic carbocycles. The Hall–Kier alpha value is -2.47. The first-order chi connectivity index (χ1) is 14.7. The van der Waals surface area contributed by atoms with Gasteiger partial charge < -0.3 is 14.4 Å². The van der Waals surface area contributed by atoms with Crippen LogP contribution in [0.2, 0.25) is 0 Å². The molecule has 0 saturated carbocycles. The van der Waals surface area contributed by atoms with Crippen LogP contribution in [0.15, 0.2) is 83.8 Å². The van der Waals surface area contributed by atoms with Crippen molar-refractivity contribution in [1.29, 1.82) is 0 Å². The maximum Gasteiger partial charge on any atom is 0.305 e. The molecule has 30 heavy (non-hydrogen) atoms. The number of hydrogen-bond donors (Lipinski definition) is 0. The van der Waals surface area contributed by atoms with Crippen molar-refractivity contribution in [3.8, 4) is 11.5 Å². The normalized spacial score (nSPS) is 18.8. The molecule has 0 aromatic heterocycles. The zero-order chi connectivity index (χ0) is 20.4. The van der Waals surface area contributed by atoms with E-state index in [1.54, 1.807) is 0 Å². The van der Waals surface area contributed by atoms with Gasteiger partial charge >= 0.3 is 5.79 Å². The number of fused-ring (bicyclic) bond motifs is 1. The molecule has 0 radical (unpaired) electrons. The molecule has 2 heterocycles. The average Bonchev–Trinajstić information content (AvgIpc) is 3.07. The standard InChI is InChI=1S/C25H26N2O2S/c1-26-15-8-16-27(18-17-26)30-22-13-14-23-24(19-22)29-25(28-23,20-9-4-2-5-10-20)21-11-6-3-7-12-21/h2-7,9-14,19H,8,15-18H2,1H3/p+1. The van der Waals surface area contributed by atoms with E-state index >= 15 is 0 Å². The fourth-order valence-electron chi connectivity index (χ4n) is 4.07. The number of nitrogens with zero attached hydrogens (tertiary/aromatic N) is 2. The molecule has 4 nitrogen and oxygen atoms in total. The van der Waals surface area contributed by atoms with Crippen molar-refractivity contribution in [2.45, 2.75) is 17.1 Å². The Labute approximate surface area is 182 Å². The second kappa shape index (κ2) is 8.34. The van der Waals surface area contributed by atoms with E-state index in [-0.39, 0.29) is 0 Å². The summed E-state index contributed by atoms with van der Waals surface area (Å²) >= 11 is 1.23. The summed E-state index contributed by atoms with van der Waals surface area (Å²) in [5, 5.41) is 0. The third kappa shape index (κ3) is 3.81. The lowest BCUT2D eigenvalue weighted by atomic mass is 9.97. The third-order valence-corrected chi connectivity index (χ3v) is 6.89. The van der Waals surface area contributed by atoms with Crippen LogP contribution in [0.1, 0.15) is 17.5 Å². The summed E-state index contributed by atoms with van der Waals surface area (Å²) in [6, 6.07) is 26.7. The van der Waals surface area contributed by atoms with Gasteiger partial charge in [-0.1, -0.05) is 60.7 Å². The summed E-state index contributed by atoms with van der Waals surface area (Å²) < 4.78 is 15.6. The first kappa shape index (κ1) is 19.5. The van der Waals surface area contributed by atoms with Gasteiger partial charge in [0.1, 0.15) is 0 Å². The van der Waals surface area contributed by atoms with Gasteiger partial charge in [-0.05, 0) is 32.1 Å². The van der Waals surface area contributed by atoms with Crippen molar-refractivity contribution < 1.29 is 9.47 Å². The highest BCUT2D eigenvalue weighted by Crippen LogP contribution is 2.48. The van der Waals surface area contributed by atoms with Gasteiger partial charge in [0, 0.05) is 30.3 Å². The van der Waals surface area contributed by atoms with E-state index in [0.29, 0.717) is 0 Å². The molecule has 3 aromatic rings. The second-order valence-corrected chi connectivity index (χ2v) is 9.18. The maximum atomic E-state index is 6.58. The predicted molar refractivity (Wildman–Crippen MR) is 122 cm³/mol. The number of rotatable bonds is 4. The van der Waals surface area contributed by atoms with Crippen LogP contribution in [0, 0.1) is 0 Å². The van der Waals surface area contributed by atoms with Gasteiger partial charge in [-0.3, -0.25) is 0 Å². The molecule has 1 fully saturated rings. The van der Waals surface area contributed by atoms with Crippen LogP contribution in [0.3, 0.4) is 0 Å². The van der Waals surface area contributed by atoms with Crippen molar-refractivity contribution in [1.82, 2.24) is 9.21 Å². The Bertz CT molecular complexity index is 957. The van der Waals surface area contributed by atoms with Crippen LogP contribution in [-0.4, -0.2) is 42.4 Å². The van der Waals surface area contributed by atoms with Gasteiger partial charge in [0.25, 0.3) is 0 Å². The van der Waals surface area contributed by atoms with E-state index in [1.165, 1.54) is 29.8 Å². The van der Waals surface area contributed by atoms with Gasteiger partial charge in [-0.15, -0.1) is 4.31 Å². The molecule has 0 aliphatic carbocycles. The van der Waals surface area contributed by atoms with Gasteiger partial charge in [-0.25, -0.2) is 0 Å². The third-order valence-electron chi connectivity index (χ3n) is 5.70. The zero-order valence-electron chi connectivity index (χ0n) is 17.2. The first-order valence-corrected chi connectivity index (χ1v) is 11.4. The Morgan fingerprint density at radius 2 is 1.40 bits per heavy atom. The number of benzene rings is 3. The molecule has 0 atom stereocenters. The molecule has 0 spiro atoms. The summed E-state index contributed by atoms with van der Waals surface area (Å²) in [6.45, 7) is 4.50. The SMILES string of the molecule is CN1CCCN([SH+]c2ccc3c(c2)OC(c2ccccc2)(c2ccccc2)O3)CC1. The number of likely N-dealkylation sites (N-methyl/N-ethyl adjacent to an activating group) is 1. The van der Waals surface area contributed by atoms with E-state index in [2.05, 4.69) is 58.7 Å². The zero-order valence-corrected chi connectivity index (χ0v) is 18.1. The van der Waals surface area contributed by atoms with Crippen LogP contribution < -0.4 is 9.47 Å². The highest BCUT2D eigenvalue weighted by atomic mass is 32.2. The Balaban J connectivity index is 1.44. The molecule has 0 N–H and O–H groups in total. The highest BCUT2D eigenvalue weighted by Gasteiger charge is 2.45. The topological polar surface area (TPSA) is 24.9 Å². The molecule has 2 aliphatic rings. The fraction of sp³-hybridized carbons (Fsp3) is 0.280. The molecule has 5 rings (SSSR count). The van der Waals surface area contributed by atoms with E-state index in [0.717, 1.165) is 42.3 Å². The van der Waals surface area contributed by atoms with Gasteiger partial charge in [0.2, 0.25) is 0 Å². The van der Waals surface area contributed by atoms with Gasteiger partial charge in [0.15, 0.2) is 16.4 Å². The molecule has 0 unspecified atom stereocenters. The summed E-state index contributed by atoms with van der Waals surface area (Å²) in [4.78, 5) is 3.64. The number of thiol groups is 1. The first-order valence-electron chi connectivity index (χ1n) is 10.5. The largest absolute Gasteiger partial charge is 0.440 e. The quantitative estimate of drug-likeness (QED) is 0.470. The molecular weight excluding hydrogens is 392 g/mol. The van der Waals surface area contributed by atoms with Gasteiger partial charge in [0.05, 0.1) is 18.5 Å². The van der Waals surface area contributed by atoms with E-state index in [1.807, 2.05) is 36.4 Å². The van der Waals surface area contributed by atoms with Crippen LogP contribution >= 0.6 is 0 Å². The second-order valence-electron chi connectivity index (χ2n) is 7.89. The molecule has 5 heteroatoms. The number of ether oxygens (including phenoxy) is 2. The molecular formula is C25H27N2O2S+. The lowest BCUT2D eigenvalue weighted by molar-refractivity contribution is -0.0459. The highest BCUT2D eigenvalue weighted by molar-refractivity contribution is 7.76. The van der Waals surface area contributed by atoms with Crippen LogP contribution in [-0.2, 0) is 17.7 Å². The molecule has 2 aliphatic heterocycles. The lowest BCUT2D eigenvalue weighted by Gasteiger charge is -2.28. The molecule has 0 bridgehead atoms. The summed E-state index contributed by atoms with van der Waals surface area (Å²) in [5.41, 5.74) is 1.98. The lowest BCUT2D eigenvalue weighted by Crippen LogP contribution is -2.36.